The molecule has 0 spiro atoms. The number of benzene rings is 2. The fourth-order valence-electron chi connectivity index (χ4n) is 7.59. The van der Waals surface area contributed by atoms with Crippen LogP contribution in [0.25, 0.3) is 10.9 Å². The van der Waals surface area contributed by atoms with E-state index >= 15 is 0 Å². The molecular formula is C39H52F3N9. The summed E-state index contributed by atoms with van der Waals surface area (Å²) in [5.41, 5.74) is 3.59. The zero-order valence-corrected chi connectivity index (χ0v) is 30.7. The maximum atomic E-state index is 13.2. The normalized spacial score (nSPS) is 17.2. The Labute approximate surface area is 299 Å². The maximum absolute atomic E-state index is 13.2. The summed E-state index contributed by atoms with van der Waals surface area (Å²) in [7, 11) is 0. The Morgan fingerprint density at radius 2 is 1.41 bits per heavy atom. The Balaban J connectivity index is 1.11. The zero-order chi connectivity index (χ0) is 36.4. The van der Waals surface area contributed by atoms with Crippen molar-refractivity contribution in [3.8, 4) is 0 Å². The van der Waals surface area contributed by atoms with Gasteiger partial charge in [0.2, 0.25) is 5.95 Å². The van der Waals surface area contributed by atoms with Gasteiger partial charge in [-0.05, 0) is 111 Å². The Kier molecular flexibility index (Phi) is 10.8. The van der Waals surface area contributed by atoms with Crippen LogP contribution < -0.4 is 26.2 Å². The van der Waals surface area contributed by atoms with E-state index in [0.29, 0.717) is 17.8 Å². The molecule has 12 heteroatoms. The van der Waals surface area contributed by atoms with E-state index < -0.39 is 11.9 Å². The van der Waals surface area contributed by atoms with Crippen molar-refractivity contribution in [1.82, 2.24) is 30.5 Å². The molecule has 274 valence electrons. The second-order valence-corrected chi connectivity index (χ2v) is 15.8. The standard InChI is InChI=1S/C39H52F3N9/c1-26-34(51-22-17-28(18-23-51)49-38(5,6)25-50-20-15-27(16-21-50)48-37(2,3)4)31-12-7-8-13-32(31)46-35(26)44-29-10-9-11-30(24-29)45-36-43-19-14-33(47-36)39(40,41)42/h7-14,19,24,27-28,48-49H,15-18,20-23,25H2,1-6H3,(H,44,46)(H,43,45,47). The molecule has 2 aliphatic heterocycles. The van der Waals surface area contributed by atoms with Crippen molar-refractivity contribution in [1.29, 1.82) is 0 Å². The van der Waals surface area contributed by atoms with Gasteiger partial charge in [0, 0.05) is 71.3 Å². The minimum atomic E-state index is -4.55. The molecule has 4 aromatic rings. The summed E-state index contributed by atoms with van der Waals surface area (Å²) >= 11 is 0. The highest BCUT2D eigenvalue weighted by Gasteiger charge is 2.33. The van der Waals surface area contributed by atoms with Crippen molar-refractivity contribution in [3.63, 3.8) is 0 Å². The summed E-state index contributed by atoms with van der Waals surface area (Å²) in [6.07, 6.45) is 1.03. The molecule has 0 unspecified atom stereocenters. The van der Waals surface area contributed by atoms with Gasteiger partial charge in [0.15, 0.2) is 0 Å². The van der Waals surface area contributed by atoms with E-state index in [-0.39, 0.29) is 17.0 Å². The van der Waals surface area contributed by atoms with Crippen molar-refractivity contribution in [2.24, 2.45) is 0 Å². The maximum Gasteiger partial charge on any atom is 0.433 e. The van der Waals surface area contributed by atoms with Gasteiger partial charge in [-0.2, -0.15) is 13.2 Å². The van der Waals surface area contributed by atoms with Crippen LogP contribution in [0.2, 0.25) is 0 Å². The van der Waals surface area contributed by atoms with Crippen molar-refractivity contribution >= 4 is 39.7 Å². The lowest BCUT2D eigenvalue weighted by atomic mass is 9.95. The summed E-state index contributed by atoms with van der Waals surface area (Å²) in [6, 6.07) is 17.4. The number of halogens is 3. The molecule has 0 bridgehead atoms. The highest BCUT2D eigenvalue weighted by Crippen LogP contribution is 2.37. The molecule has 2 aliphatic rings. The molecule has 6 rings (SSSR count). The second kappa shape index (κ2) is 14.9. The predicted molar refractivity (Wildman–Crippen MR) is 201 cm³/mol. The molecule has 0 saturated carbocycles. The molecule has 4 heterocycles. The monoisotopic (exact) mass is 703 g/mol. The van der Waals surface area contributed by atoms with Crippen LogP contribution in [0.4, 0.5) is 42.0 Å². The average molecular weight is 704 g/mol. The minimum absolute atomic E-state index is 0.0180. The first-order valence-corrected chi connectivity index (χ1v) is 18.1. The van der Waals surface area contributed by atoms with Crippen molar-refractivity contribution in [2.75, 3.05) is 48.3 Å². The Hall–Kier alpha value is -4.00. The topological polar surface area (TPSA) is 93.3 Å². The lowest BCUT2D eigenvalue weighted by Crippen LogP contribution is -2.57. The first-order chi connectivity index (χ1) is 24.1. The van der Waals surface area contributed by atoms with Crippen molar-refractivity contribution < 1.29 is 13.2 Å². The number of para-hydroxylation sites is 1. The van der Waals surface area contributed by atoms with Crippen LogP contribution in [0.15, 0.2) is 60.8 Å². The van der Waals surface area contributed by atoms with E-state index in [1.165, 1.54) is 18.5 Å². The number of piperidine rings is 2. The van der Waals surface area contributed by atoms with Crippen LogP contribution in [0.1, 0.15) is 71.6 Å². The average Bonchev–Trinajstić information content (AvgIpc) is 3.06. The number of aromatic nitrogens is 3. The van der Waals surface area contributed by atoms with Crippen LogP contribution in [0, 0.1) is 6.92 Å². The van der Waals surface area contributed by atoms with Crippen molar-refractivity contribution in [3.05, 3.63) is 72.1 Å². The summed E-state index contributed by atoms with van der Waals surface area (Å²) in [5, 5.41) is 15.3. The number of hydrogen-bond donors (Lipinski definition) is 4. The number of nitrogens with zero attached hydrogens (tertiary/aromatic N) is 5. The van der Waals surface area contributed by atoms with Gasteiger partial charge in [-0.25, -0.2) is 15.0 Å². The number of alkyl halides is 3. The zero-order valence-electron chi connectivity index (χ0n) is 30.7. The third-order valence-electron chi connectivity index (χ3n) is 9.68. The van der Waals surface area contributed by atoms with Crippen LogP contribution >= 0.6 is 0 Å². The van der Waals surface area contributed by atoms with E-state index in [1.807, 2.05) is 30.3 Å². The number of fused-ring (bicyclic) bond motifs is 1. The van der Waals surface area contributed by atoms with Crippen LogP contribution in [-0.4, -0.2) is 75.7 Å². The fraction of sp³-hybridized carbons (Fsp3) is 0.513. The molecule has 0 aliphatic carbocycles. The molecule has 0 atom stereocenters. The SMILES string of the molecule is Cc1c(Nc2cccc(Nc3nccc(C(F)(F)F)n3)c2)nc2ccccc2c1N1CCC(NC(C)(C)CN2CCC(NC(C)(C)C)CC2)CC1. The molecule has 2 aromatic carbocycles. The van der Waals surface area contributed by atoms with Gasteiger partial charge in [-0.15, -0.1) is 0 Å². The Bertz CT molecular complexity index is 1790. The van der Waals surface area contributed by atoms with E-state index in [4.69, 9.17) is 4.98 Å². The molecule has 9 nitrogen and oxygen atoms in total. The molecule has 0 radical (unpaired) electrons. The lowest BCUT2D eigenvalue weighted by molar-refractivity contribution is -0.141. The number of pyridine rings is 1. The van der Waals surface area contributed by atoms with Crippen LogP contribution in [-0.2, 0) is 6.18 Å². The van der Waals surface area contributed by atoms with E-state index in [0.717, 1.165) is 85.8 Å². The molecular weight excluding hydrogens is 651 g/mol. The van der Waals surface area contributed by atoms with Gasteiger partial charge in [0.25, 0.3) is 0 Å². The number of likely N-dealkylation sites (tertiary alicyclic amines) is 1. The number of nitrogens with one attached hydrogen (secondary N) is 4. The Morgan fingerprint density at radius 3 is 2.10 bits per heavy atom. The number of anilines is 5. The third kappa shape index (κ3) is 9.66. The van der Waals surface area contributed by atoms with Crippen molar-refractivity contribution in [2.45, 2.75) is 96.6 Å². The quantitative estimate of drug-likeness (QED) is 0.131. The molecule has 51 heavy (non-hydrogen) atoms. The number of rotatable bonds is 10. The van der Waals surface area contributed by atoms with Gasteiger partial charge in [-0.3, -0.25) is 0 Å². The van der Waals surface area contributed by atoms with Gasteiger partial charge >= 0.3 is 6.18 Å². The smallest absolute Gasteiger partial charge is 0.371 e. The first kappa shape index (κ1) is 36.8. The first-order valence-electron chi connectivity index (χ1n) is 18.1. The van der Waals surface area contributed by atoms with Crippen LogP contribution in [0.5, 0.6) is 0 Å². The van der Waals surface area contributed by atoms with Crippen LogP contribution in [0.3, 0.4) is 0 Å². The minimum Gasteiger partial charge on any atom is -0.371 e. The highest BCUT2D eigenvalue weighted by atomic mass is 19.4. The van der Waals surface area contributed by atoms with Gasteiger partial charge < -0.3 is 31.1 Å². The third-order valence-corrected chi connectivity index (χ3v) is 9.68. The molecule has 2 saturated heterocycles. The molecule has 4 N–H and O–H groups in total. The fourth-order valence-corrected chi connectivity index (χ4v) is 7.59. The molecule has 2 aromatic heterocycles. The molecule has 0 amide bonds. The van der Waals surface area contributed by atoms with Gasteiger partial charge in [0.05, 0.1) is 11.2 Å². The van der Waals surface area contributed by atoms with Gasteiger partial charge in [-0.1, -0.05) is 24.3 Å². The molecule has 2 fully saturated rings. The summed E-state index contributed by atoms with van der Waals surface area (Å²) < 4.78 is 39.6. The van der Waals surface area contributed by atoms with E-state index in [2.05, 4.69) is 94.7 Å². The Morgan fingerprint density at radius 1 is 0.765 bits per heavy atom. The second-order valence-electron chi connectivity index (χ2n) is 15.8. The number of hydrogen-bond acceptors (Lipinski definition) is 9. The predicted octanol–water partition coefficient (Wildman–Crippen LogP) is 8.03. The largest absolute Gasteiger partial charge is 0.433 e. The van der Waals surface area contributed by atoms with E-state index in [1.54, 1.807) is 6.07 Å². The summed E-state index contributed by atoms with van der Waals surface area (Å²) in [5.74, 6) is 0.610. The summed E-state index contributed by atoms with van der Waals surface area (Å²) in [6.45, 7) is 18.7. The van der Waals surface area contributed by atoms with Gasteiger partial charge in [0.1, 0.15) is 11.5 Å². The lowest BCUT2D eigenvalue weighted by Gasteiger charge is -2.43. The van der Waals surface area contributed by atoms with E-state index in [9.17, 15) is 13.2 Å². The highest BCUT2D eigenvalue weighted by molar-refractivity contribution is 5.96. The summed E-state index contributed by atoms with van der Waals surface area (Å²) in [4.78, 5) is 17.7.